The molecule has 0 unspecified atom stereocenters. The third-order valence-corrected chi connectivity index (χ3v) is 3.06. The molecule has 2 nitrogen and oxygen atoms in total. The Labute approximate surface area is 91.6 Å². The summed E-state index contributed by atoms with van der Waals surface area (Å²) in [5, 5.41) is 3.59. The maximum Gasteiger partial charge on any atom is 0.119 e. The average molecular weight is 205 g/mol. The summed E-state index contributed by atoms with van der Waals surface area (Å²) in [5.41, 5.74) is 1.36. The van der Waals surface area contributed by atoms with Crippen LogP contribution in [0, 0.1) is 0 Å². The van der Waals surface area contributed by atoms with Gasteiger partial charge < -0.3 is 10.1 Å². The summed E-state index contributed by atoms with van der Waals surface area (Å²) in [6.45, 7) is 1.14. The molecule has 1 saturated heterocycles. The zero-order valence-corrected chi connectivity index (χ0v) is 9.33. The minimum Gasteiger partial charge on any atom is -0.497 e. The molecule has 15 heavy (non-hydrogen) atoms. The molecule has 0 saturated carbocycles. The number of rotatable bonds is 2. The van der Waals surface area contributed by atoms with E-state index in [1.54, 1.807) is 7.11 Å². The summed E-state index contributed by atoms with van der Waals surface area (Å²) in [5.74, 6) is 0.957. The molecule has 0 spiro atoms. The SMILES string of the molecule is COc1cccc([C@H]2CCCCCN2)c1. The summed E-state index contributed by atoms with van der Waals surface area (Å²) in [7, 11) is 1.72. The van der Waals surface area contributed by atoms with E-state index >= 15 is 0 Å². The number of ether oxygens (including phenoxy) is 1. The van der Waals surface area contributed by atoms with Crippen LogP contribution in [-0.2, 0) is 0 Å². The molecule has 2 rings (SSSR count). The minimum atomic E-state index is 0.516. The third-order valence-electron chi connectivity index (χ3n) is 3.06. The van der Waals surface area contributed by atoms with Crippen LogP contribution in [0.2, 0.25) is 0 Å². The second kappa shape index (κ2) is 5.17. The van der Waals surface area contributed by atoms with Crippen molar-refractivity contribution in [3.63, 3.8) is 0 Å². The molecule has 1 aliphatic heterocycles. The van der Waals surface area contributed by atoms with Crippen molar-refractivity contribution >= 4 is 0 Å². The largest absolute Gasteiger partial charge is 0.497 e. The molecule has 2 heteroatoms. The molecule has 1 aromatic carbocycles. The Balaban J connectivity index is 2.12. The quantitative estimate of drug-likeness (QED) is 0.801. The van der Waals surface area contributed by atoms with Crippen LogP contribution < -0.4 is 10.1 Å². The number of nitrogens with one attached hydrogen (secondary N) is 1. The molecule has 1 aliphatic rings. The van der Waals surface area contributed by atoms with Gasteiger partial charge in [0.15, 0.2) is 0 Å². The van der Waals surface area contributed by atoms with Crippen LogP contribution in [0.4, 0.5) is 0 Å². The lowest BCUT2D eigenvalue weighted by atomic mass is 10.0. The molecule has 0 amide bonds. The van der Waals surface area contributed by atoms with E-state index < -0.39 is 0 Å². The summed E-state index contributed by atoms with van der Waals surface area (Å²) in [6.07, 6.45) is 5.23. The third kappa shape index (κ3) is 2.72. The molecular formula is C13H19NO. The van der Waals surface area contributed by atoms with Gasteiger partial charge in [0, 0.05) is 6.04 Å². The smallest absolute Gasteiger partial charge is 0.119 e. The summed E-state index contributed by atoms with van der Waals surface area (Å²) in [6, 6.07) is 8.91. The molecule has 1 aromatic rings. The van der Waals surface area contributed by atoms with Crippen molar-refractivity contribution in [3.05, 3.63) is 29.8 Å². The highest BCUT2D eigenvalue weighted by molar-refractivity contribution is 5.30. The van der Waals surface area contributed by atoms with E-state index in [4.69, 9.17) is 4.74 Å². The first-order valence-corrected chi connectivity index (χ1v) is 5.77. The van der Waals surface area contributed by atoms with Gasteiger partial charge in [-0.1, -0.05) is 25.0 Å². The molecule has 1 atom stereocenters. The highest BCUT2D eigenvalue weighted by atomic mass is 16.5. The Morgan fingerprint density at radius 2 is 2.20 bits per heavy atom. The molecule has 1 fully saturated rings. The molecule has 0 aliphatic carbocycles. The van der Waals surface area contributed by atoms with Gasteiger partial charge in [0.05, 0.1) is 7.11 Å². The van der Waals surface area contributed by atoms with Gasteiger partial charge in [-0.05, 0) is 37.1 Å². The van der Waals surface area contributed by atoms with Crippen molar-refractivity contribution in [3.8, 4) is 5.75 Å². The van der Waals surface area contributed by atoms with Crippen molar-refractivity contribution in [1.82, 2.24) is 5.32 Å². The van der Waals surface area contributed by atoms with E-state index in [1.165, 1.54) is 31.2 Å². The summed E-state index contributed by atoms with van der Waals surface area (Å²) in [4.78, 5) is 0. The van der Waals surface area contributed by atoms with E-state index in [0.29, 0.717) is 6.04 Å². The first-order valence-electron chi connectivity index (χ1n) is 5.77. The van der Waals surface area contributed by atoms with E-state index in [2.05, 4.69) is 23.5 Å². The molecule has 0 aromatic heterocycles. The average Bonchev–Trinajstić information content (AvgIpc) is 2.58. The van der Waals surface area contributed by atoms with Crippen LogP contribution >= 0.6 is 0 Å². The maximum atomic E-state index is 5.25. The molecule has 1 N–H and O–H groups in total. The fourth-order valence-corrected chi connectivity index (χ4v) is 2.17. The zero-order chi connectivity index (χ0) is 10.5. The van der Waals surface area contributed by atoms with E-state index in [1.807, 2.05) is 6.07 Å². The van der Waals surface area contributed by atoms with Gasteiger partial charge in [0.1, 0.15) is 5.75 Å². The van der Waals surface area contributed by atoms with Gasteiger partial charge in [-0.15, -0.1) is 0 Å². The first-order chi connectivity index (χ1) is 7.40. The fourth-order valence-electron chi connectivity index (χ4n) is 2.17. The van der Waals surface area contributed by atoms with Crippen LogP contribution in [0.1, 0.15) is 37.3 Å². The lowest BCUT2D eigenvalue weighted by molar-refractivity contribution is 0.412. The second-order valence-corrected chi connectivity index (χ2v) is 4.13. The van der Waals surface area contributed by atoms with Gasteiger partial charge in [-0.2, -0.15) is 0 Å². The van der Waals surface area contributed by atoms with Gasteiger partial charge in [-0.3, -0.25) is 0 Å². The number of hydrogen-bond donors (Lipinski definition) is 1. The predicted molar refractivity (Wildman–Crippen MR) is 62.2 cm³/mol. The Bertz CT molecular complexity index is 303. The number of benzene rings is 1. The standard InChI is InChI=1S/C13H19NO/c1-15-12-7-5-6-11(10-12)13-8-3-2-4-9-14-13/h5-7,10,13-14H,2-4,8-9H2,1H3/t13-/m1/s1. The van der Waals surface area contributed by atoms with Gasteiger partial charge in [0.2, 0.25) is 0 Å². The minimum absolute atomic E-state index is 0.516. The summed E-state index contributed by atoms with van der Waals surface area (Å²) >= 11 is 0. The molecular weight excluding hydrogens is 186 g/mol. The highest BCUT2D eigenvalue weighted by Gasteiger charge is 2.13. The van der Waals surface area contributed by atoms with Crippen molar-refractivity contribution in [2.24, 2.45) is 0 Å². The molecule has 1 heterocycles. The van der Waals surface area contributed by atoms with Crippen molar-refractivity contribution in [2.75, 3.05) is 13.7 Å². The van der Waals surface area contributed by atoms with Gasteiger partial charge >= 0.3 is 0 Å². The number of hydrogen-bond acceptors (Lipinski definition) is 2. The number of methoxy groups -OCH3 is 1. The fraction of sp³-hybridized carbons (Fsp3) is 0.538. The molecule has 0 bridgehead atoms. The van der Waals surface area contributed by atoms with E-state index in [-0.39, 0.29) is 0 Å². The zero-order valence-electron chi connectivity index (χ0n) is 9.33. The maximum absolute atomic E-state index is 5.25. The normalized spacial score (nSPS) is 22.1. The van der Waals surface area contributed by atoms with Crippen molar-refractivity contribution < 1.29 is 4.74 Å². The Morgan fingerprint density at radius 3 is 3.07 bits per heavy atom. The second-order valence-electron chi connectivity index (χ2n) is 4.13. The van der Waals surface area contributed by atoms with Gasteiger partial charge in [0.25, 0.3) is 0 Å². The summed E-state index contributed by atoms with van der Waals surface area (Å²) < 4.78 is 5.25. The van der Waals surface area contributed by atoms with Crippen LogP contribution in [-0.4, -0.2) is 13.7 Å². The van der Waals surface area contributed by atoms with E-state index in [9.17, 15) is 0 Å². The van der Waals surface area contributed by atoms with Crippen LogP contribution in [0.3, 0.4) is 0 Å². The van der Waals surface area contributed by atoms with Crippen molar-refractivity contribution in [2.45, 2.75) is 31.7 Å². The van der Waals surface area contributed by atoms with Crippen LogP contribution in [0.25, 0.3) is 0 Å². The Hall–Kier alpha value is -1.02. The van der Waals surface area contributed by atoms with Crippen LogP contribution in [0.15, 0.2) is 24.3 Å². The Kier molecular flexibility index (Phi) is 3.62. The Morgan fingerprint density at radius 1 is 1.27 bits per heavy atom. The lowest BCUT2D eigenvalue weighted by Gasteiger charge is -2.16. The van der Waals surface area contributed by atoms with Gasteiger partial charge in [-0.25, -0.2) is 0 Å². The first kappa shape index (κ1) is 10.5. The molecule has 82 valence electrons. The van der Waals surface area contributed by atoms with Crippen molar-refractivity contribution in [1.29, 1.82) is 0 Å². The van der Waals surface area contributed by atoms with E-state index in [0.717, 1.165) is 12.3 Å². The highest BCUT2D eigenvalue weighted by Crippen LogP contribution is 2.25. The molecule has 0 radical (unpaired) electrons. The lowest BCUT2D eigenvalue weighted by Crippen LogP contribution is -2.20. The topological polar surface area (TPSA) is 21.3 Å². The van der Waals surface area contributed by atoms with Crippen LogP contribution in [0.5, 0.6) is 5.75 Å². The monoisotopic (exact) mass is 205 g/mol. The predicted octanol–water partition coefficient (Wildman–Crippen LogP) is 2.90.